The molecule has 1 atom stereocenters. The summed E-state index contributed by atoms with van der Waals surface area (Å²) in [6.45, 7) is 11.0. The van der Waals surface area contributed by atoms with E-state index in [1.54, 1.807) is 6.92 Å². The number of carbonyl (C=O) groups excluding carboxylic acids is 1. The molecule has 0 heterocycles. The van der Waals surface area contributed by atoms with Crippen molar-refractivity contribution in [3.63, 3.8) is 0 Å². The Morgan fingerprint density at radius 1 is 1.33 bits per heavy atom. The Labute approximate surface area is 75.3 Å². The normalized spacial score (nSPS) is 12.6. The Morgan fingerprint density at radius 2 is 1.67 bits per heavy atom. The predicted molar refractivity (Wildman–Crippen MR) is 50.8 cm³/mol. The number of esters is 1. The fourth-order valence-corrected chi connectivity index (χ4v) is 0.395. The van der Waals surface area contributed by atoms with Crippen LogP contribution in [0.15, 0.2) is 0 Å². The molecular weight excluding hydrogens is 154 g/mol. The van der Waals surface area contributed by atoms with E-state index in [0.717, 1.165) is 0 Å². The van der Waals surface area contributed by atoms with E-state index in [2.05, 4.69) is 0 Å². The third kappa shape index (κ3) is 9.43. The molecule has 0 aromatic heterocycles. The summed E-state index contributed by atoms with van der Waals surface area (Å²) < 4.78 is 4.94. The molecule has 0 aromatic carbocycles. The van der Waals surface area contributed by atoms with Gasteiger partial charge >= 0.3 is 5.97 Å². The van der Waals surface area contributed by atoms with Gasteiger partial charge in [0.2, 0.25) is 0 Å². The predicted octanol–water partition coefficient (Wildman–Crippen LogP) is 1.70. The molecule has 2 N–H and O–H groups in total. The minimum Gasteiger partial charge on any atom is -0.459 e. The second-order valence-electron chi connectivity index (χ2n) is 3.32. The molecule has 12 heavy (non-hydrogen) atoms. The van der Waals surface area contributed by atoms with Crippen molar-refractivity contribution in [3.8, 4) is 0 Å². The highest BCUT2D eigenvalue weighted by molar-refractivity contribution is 5.75. The molecule has 1 unspecified atom stereocenters. The van der Waals surface area contributed by atoms with Gasteiger partial charge in [-0.3, -0.25) is 4.79 Å². The Bertz CT molecular complexity index is 125. The van der Waals surface area contributed by atoms with Crippen molar-refractivity contribution in [3.05, 3.63) is 0 Å². The van der Waals surface area contributed by atoms with Crippen LogP contribution in [0.2, 0.25) is 0 Å². The molecule has 0 aliphatic heterocycles. The van der Waals surface area contributed by atoms with E-state index in [0.29, 0.717) is 0 Å². The van der Waals surface area contributed by atoms with E-state index in [1.807, 2.05) is 34.6 Å². The summed E-state index contributed by atoms with van der Waals surface area (Å²) in [4.78, 5) is 10.8. The van der Waals surface area contributed by atoms with Crippen molar-refractivity contribution in [2.75, 3.05) is 0 Å². The first-order chi connectivity index (χ1) is 5.33. The third-order valence-electron chi connectivity index (χ3n) is 0.779. The second-order valence-corrected chi connectivity index (χ2v) is 3.32. The zero-order valence-corrected chi connectivity index (χ0v) is 8.97. The van der Waals surface area contributed by atoms with Gasteiger partial charge in [0.15, 0.2) is 0 Å². The molecule has 3 heteroatoms. The van der Waals surface area contributed by atoms with Gasteiger partial charge in [0.25, 0.3) is 0 Å². The fraction of sp³-hybridized carbons (Fsp3) is 0.889. The van der Waals surface area contributed by atoms with Gasteiger partial charge in [-0.2, -0.15) is 0 Å². The Morgan fingerprint density at radius 3 is 1.75 bits per heavy atom. The molecule has 0 amide bonds. The number of ether oxygens (including phenoxy) is 1. The first-order valence-corrected chi connectivity index (χ1v) is 4.31. The van der Waals surface area contributed by atoms with Crippen LogP contribution in [0.4, 0.5) is 0 Å². The molecule has 0 fully saturated rings. The monoisotopic (exact) mass is 175 g/mol. The van der Waals surface area contributed by atoms with Gasteiger partial charge in [0.1, 0.15) is 11.6 Å². The molecular formula is C9H21NO2. The maximum atomic E-state index is 10.8. The molecule has 3 nitrogen and oxygen atoms in total. The minimum atomic E-state index is -0.528. The summed E-state index contributed by atoms with van der Waals surface area (Å²) in [6, 6.07) is -0.528. The molecule has 0 aliphatic carbocycles. The fourth-order valence-electron chi connectivity index (χ4n) is 0.395. The van der Waals surface area contributed by atoms with Gasteiger partial charge in [-0.05, 0) is 27.7 Å². The highest BCUT2D eigenvalue weighted by Gasteiger charge is 2.18. The number of nitrogens with two attached hydrogens (primary N) is 1. The Hall–Kier alpha value is -0.570. The largest absolute Gasteiger partial charge is 0.459 e. The standard InChI is InChI=1S/C7H15NO2.C2H6/c1-5(8)6(9)10-7(2,3)4;1-2/h5H,8H2,1-4H3;1-2H3. The van der Waals surface area contributed by atoms with E-state index < -0.39 is 11.6 Å². The number of hydrogen-bond donors (Lipinski definition) is 1. The van der Waals surface area contributed by atoms with Crippen LogP contribution in [-0.2, 0) is 9.53 Å². The van der Waals surface area contributed by atoms with Crippen molar-refractivity contribution in [1.82, 2.24) is 0 Å². The molecule has 74 valence electrons. The molecule has 0 spiro atoms. The summed E-state index contributed by atoms with van der Waals surface area (Å²) >= 11 is 0. The topological polar surface area (TPSA) is 52.3 Å². The summed E-state index contributed by atoms with van der Waals surface area (Å²) in [6.07, 6.45) is 0. The van der Waals surface area contributed by atoms with Crippen molar-refractivity contribution < 1.29 is 9.53 Å². The molecule has 0 aliphatic rings. The molecule has 0 bridgehead atoms. The third-order valence-corrected chi connectivity index (χ3v) is 0.779. The first kappa shape index (κ1) is 14.0. The quantitative estimate of drug-likeness (QED) is 0.617. The lowest BCUT2D eigenvalue weighted by Gasteiger charge is -2.20. The van der Waals surface area contributed by atoms with Crippen LogP contribution in [0, 0.1) is 0 Å². The Balaban J connectivity index is 0. The Kier molecular flexibility index (Phi) is 6.99. The highest BCUT2D eigenvalue weighted by atomic mass is 16.6. The van der Waals surface area contributed by atoms with E-state index in [9.17, 15) is 4.79 Å². The molecule has 0 aromatic rings. The summed E-state index contributed by atoms with van der Waals surface area (Å²) in [5, 5.41) is 0. The minimum absolute atomic E-state index is 0.354. The highest BCUT2D eigenvalue weighted by Crippen LogP contribution is 2.07. The van der Waals surface area contributed by atoms with Crippen LogP contribution >= 0.6 is 0 Å². The van der Waals surface area contributed by atoms with Crippen molar-refractivity contribution in [1.29, 1.82) is 0 Å². The van der Waals surface area contributed by atoms with Crippen molar-refractivity contribution in [2.24, 2.45) is 5.73 Å². The SMILES string of the molecule is CC.CC(N)C(=O)OC(C)(C)C. The zero-order valence-electron chi connectivity index (χ0n) is 8.97. The molecule has 0 radical (unpaired) electrons. The van der Waals surface area contributed by atoms with Gasteiger partial charge in [-0.25, -0.2) is 0 Å². The van der Waals surface area contributed by atoms with Crippen LogP contribution in [-0.4, -0.2) is 17.6 Å². The van der Waals surface area contributed by atoms with Gasteiger partial charge in [-0.1, -0.05) is 13.8 Å². The van der Waals surface area contributed by atoms with Crippen LogP contribution < -0.4 is 5.73 Å². The van der Waals surface area contributed by atoms with Crippen LogP contribution in [0.5, 0.6) is 0 Å². The summed E-state index contributed by atoms with van der Waals surface area (Å²) in [5.74, 6) is -0.354. The van der Waals surface area contributed by atoms with Gasteiger partial charge in [0, 0.05) is 0 Å². The van der Waals surface area contributed by atoms with Gasteiger partial charge in [-0.15, -0.1) is 0 Å². The lowest BCUT2D eigenvalue weighted by atomic mass is 10.2. The number of carbonyl (C=O) groups is 1. The average Bonchev–Trinajstić information content (AvgIpc) is 1.88. The molecule has 0 saturated carbocycles. The second kappa shape index (κ2) is 6.00. The lowest BCUT2D eigenvalue weighted by molar-refractivity contribution is -0.155. The van der Waals surface area contributed by atoms with E-state index in [4.69, 9.17) is 10.5 Å². The zero-order chi connectivity index (χ0) is 10.4. The maximum Gasteiger partial charge on any atom is 0.323 e. The lowest BCUT2D eigenvalue weighted by Crippen LogP contribution is -2.35. The number of rotatable bonds is 1. The van der Waals surface area contributed by atoms with Crippen LogP contribution in [0.3, 0.4) is 0 Å². The van der Waals surface area contributed by atoms with E-state index in [-0.39, 0.29) is 5.97 Å². The van der Waals surface area contributed by atoms with Gasteiger partial charge < -0.3 is 10.5 Å². The van der Waals surface area contributed by atoms with Crippen LogP contribution in [0.1, 0.15) is 41.5 Å². The first-order valence-electron chi connectivity index (χ1n) is 4.31. The number of hydrogen-bond acceptors (Lipinski definition) is 3. The molecule has 0 rings (SSSR count). The van der Waals surface area contributed by atoms with E-state index in [1.165, 1.54) is 0 Å². The smallest absolute Gasteiger partial charge is 0.323 e. The average molecular weight is 175 g/mol. The van der Waals surface area contributed by atoms with Crippen molar-refractivity contribution >= 4 is 5.97 Å². The summed E-state index contributed by atoms with van der Waals surface area (Å²) in [7, 11) is 0. The van der Waals surface area contributed by atoms with E-state index >= 15 is 0 Å². The summed E-state index contributed by atoms with van der Waals surface area (Å²) in [5.41, 5.74) is 4.84. The van der Waals surface area contributed by atoms with Crippen molar-refractivity contribution in [2.45, 2.75) is 53.2 Å². The maximum absolute atomic E-state index is 10.8. The molecule has 0 saturated heterocycles. The van der Waals surface area contributed by atoms with Crippen LogP contribution in [0.25, 0.3) is 0 Å². The van der Waals surface area contributed by atoms with Gasteiger partial charge in [0.05, 0.1) is 0 Å².